The molecule has 0 atom stereocenters. The molecular formula is C14H14N4S. The minimum absolute atomic E-state index is 0.735. The Morgan fingerprint density at radius 3 is 2.84 bits per heavy atom. The summed E-state index contributed by atoms with van der Waals surface area (Å²) >= 11 is 1.73. The Hall–Kier alpha value is -1.85. The van der Waals surface area contributed by atoms with Crippen LogP contribution in [0.1, 0.15) is 16.5 Å². The first-order valence-corrected chi connectivity index (χ1v) is 6.96. The number of benzene rings is 1. The molecule has 0 saturated heterocycles. The van der Waals surface area contributed by atoms with Crippen molar-refractivity contribution in [2.75, 3.05) is 0 Å². The second-order valence-corrected chi connectivity index (χ2v) is 5.39. The van der Waals surface area contributed by atoms with Crippen molar-refractivity contribution < 1.29 is 0 Å². The molecule has 1 aromatic carbocycles. The molecule has 5 heteroatoms. The molecule has 0 radical (unpaired) electrons. The Labute approximate surface area is 115 Å². The lowest BCUT2D eigenvalue weighted by atomic mass is 10.3. The Kier molecular flexibility index (Phi) is 3.48. The van der Waals surface area contributed by atoms with Crippen molar-refractivity contribution in [3.8, 4) is 0 Å². The SMILES string of the molecule is Cc1nccc(CNCc2nc3ccccc3s2)n1. The first kappa shape index (κ1) is 12.2. The Bertz CT molecular complexity index is 659. The molecule has 0 aliphatic carbocycles. The lowest BCUT2D eigenvalue weighted by Crippen LogP contribution is -2.13. The molecule has 1 N–H and O–H groups in total. The Balaban J connectivity index is 1.63. The summed E-state index contributed by atoms with van der Waals surface area (Å²) in [7, 11) is 0. The van der Waals surface area contributed by atoms with E-state index >= 15 is 0 Å². The van der Waals surface area contributed by atoms with Gasteiger partial charge in [0.15, 0.2) is 0 Å². The fourth-order valence-corrected chi connectivity index (χ4v) is 2.83. The third kappa shape index (κ3) is 2.94. The van der Waals surface area contributed by atoms with Gasteiger partial charge >= 0.3 is 0 Å². The van der Waals surface area contributed by atoms with Gasteiger partial charge in [-0.25, -0.2) is 15.0 Å². The van der Waals surface area contributed by atoms with E-state index in [0.717, 1.165) is 35.1 Å². The van der Waals surface area contributed by atoms with E-state index < -0.39 is 0 Å². The standard InChI is InChI=1S/C14H14N4S/c1-10-16-7-6-11(17-10)8-15-9-14-18-12-4-2-3-5-13(12)19-14/h2-7,15H,8-9H2,1H3. The van der Waals surface area contributed by atoms with Crippen LogP contribution in [0.2, 0.25) is 0 Å². The average molecular weight is 270 g/mol. The van der Waals surface area contributed by atoms with Crippen molar-refractivity contribution in [1.82, 2.24) is 20.3 Å². The van der Waals surface area contributed by atoms with Crippen molar-refractivity contribution in [2.45, 2.75) is 20.0 Å². The zero-order valence-electron chi connectivity index (χ0n) is 10.6. The number of fused-ring (bicyclic) bond motifs is 1. The lowest BCUT2D eigenvalue weighted by molar-refractivity contribution is 0.673. The Morgan fingerprint density at radius 2 is 2.00 bits per heavy atom. The van der Waals surface area contributed by atoms with Crippen LogP contribution >= 0.6 is 11.3 Å². The second kappa shape index (κ2) is 5.42. The highest BCUT2D eigenvalue weighted by atomic mass is 32.1. The van der Waals surface area contributed by atoms with Gasteiger partial charge in [-0.15, -0.1) is 11.3 Å². The molecule has 3 aromatic rings. The van der Waals surface area contributed by atoms with Crippen molar-refractivity contribution >= 4 is 21.6 Å². The van der Waals surface area contributed by atoms with E-state index in [4.69, 9.17) is 0 Å². The van der Waals surface area contributed by atoms with Crippen molar-refractivity contribution in [1.29, 1.82) is 0 Å². The summed E-state index contributed by atoms with van der Waals surface area (Å²) in [6, 6.07) is 10.1. The topological polar surface area (TPSA) is 50.7 Å². The molecule has 0 fully saturated rings. The van der Waals surface area contributed by atoms with Gasteiger partial charge in [0.1, 0.15) is 10.8 Å². The number of thiazole rings is 1. The summed E-state index contributed by atoms with van der Waals surface area (Å²) in [5.74, 6) is 0.805. The predicted octanol–water partition coefficient (Wildman–Crippen LogP) is 2.68. The molecule has 0 saturated carbocycles. The molecule has 2 heterocycles. The van der Waals surface area contributed by atoms with Gasteiger partial charge in [0, 0.05) is 19.3 Å². The number of nitrogens with one attached hydrogen (secondary N) is 1. The molecule has 0 aliphatic heterocycles. The zero-order chi connectivity index (χ0) is 13.1. The van der Waals surface area contributed by atoms with Crippen LogP contribution in [0.3, 0.4) is 0 Å². The predicted molar refractivity (Wildman–Crippen MR) is 76.9 cm³/mol. The highest BCUT2D eigenvalue weighted by Gasteiger charge is 2.02. The molecule has 3 rings (SSSR count). The van der Waals surface area contributed by atoms with E-state index in [1.165, 1.54) is 4.70 Å². The van der Waals surface area contributed by atoms with Crippen molar-refractivity contribution in [3.05, 3.63) is 53.1 Å². The van der Waals surface area contributed by atoms with Crippen LogP contribution in [0.25, 0.3) is 10.2 Å². The molecule has 0 amide bonds. The maximum absolute atomic E-state index is 4.58. The number of para-hydroxylation sites is 1. The van der Waals surface area contributed by atoms with Crippen LogP contribution < -0.4 is 5.32 Å². The van der Waals surface area contributed by atoms with Crippen LogP contribution in [0.15, 0.2) is 36.5 Å². The number of hydrogen-bond donors (Lipinski definition) is 1. The molecule has 0 spiro atoms. The minimum Gasteiger partial charge on any atom is -0.305 e. The second-order valence-electron chi connectivity index (χ2n) is 4.27. The monoisotopic (exact) mass is 270 g/mol. The maximum Gasteiger partial charge on any atom is 0.125 e. The van der Waals surface area contributed by atoms with Gasteiger partial charge in [-0.3, -0.25) is 0 Å². The fraction of sp³-hybridized carbons (Fsp3) is 0.214. The van der Waals surface area contributed by atoms with Gasteiger partial charge in [0.05, 0.1) is 15.9 Å². The van der Waals surface area contributed by atoms with E-state index in [1.54, 1.807) is 17.5 Å². The fourth-order valence-electron chi connectivity index (χ4n) is 1.90. The third-order valence-electron chi connectivity index (χ3n) is 2.75. The molecule has 4 nitrogen and oxygen atoms in total. The van der Waals surface area contributed by atoms with Crippen molar-refractivity contribution in [3.63, 3.8) is 0 Å². The Morgan fingerprint density at radius 1 is 1.11 bits per heavy atom. The van der Waals surface area contributed by atoms with E-state index in [1.807, 2.05) is 31.2 Å². The maximum atomic E-state index is 4.58. The summed E-state index contributed by atoms with van der Waals surface area (Å²) in [5, 5.41) is 4.47. The zero-order valence-corrected chi connectivity index (χ0v) is 11.4. The smallest absolute Gasteiger partial charge is 0.125 e. The molecule has 0 bridgehead atoms. The number of aryl methyl sites for hydroxylation is 1. The lowest BCUT2D eigenvalue weighted by Gasteiger charge is -2.02. The summed E-state index contributed by atoms with van der Waals surface area (Å²) in [6.45, 7) is 3.40. The van der Waals surface area contributed by atoms with Crippen LogP contribution in [-0.2, 0) is 13.1 Å². The van der Waals surface area contributed by atoms with Gasteiger partial charge in [0.25, 0.3) is 0 Å². The van der Waals surface area contributed by atoms with Crippen LogP contribution in [-0.4, -0.2) is 15.0 Å². The third-order valence-corrected chi connectivity index (χ3v) is 3.79. The van der Waals surface area contributed by atoms with E-state index in [9.17, 15) is 0 Å². The molecular weight excluding hydrogens is 256 g/mol. The summed E-state index contributed by atoms with van der Waals surface area (Å²) < 4.78 is 1.23. The first-order chi connectivity index (χ1) is 9.31. The molecule has 96 valence electrons. The van der Waals surface area contributed by atoms with Gasteiger partial charge in [-0.2, -0.15) is 0 Å². The highest BCUT2D eigenvalue weighted by molar-refractivity contribution is 7.18. The first-order valence-electron chi connectivity index (χ1n) is 6.15. The van der Waals surface area contributed by atoms with Gasteiger partial charge in [0.2, 0.25) is 0 Å². The van der Waals surface area contributed by atoms with Crippen LogP contribution in [0, 0.1) is 6.92 Å². The van der Waals surface area contributed by atoms with Crippen LogP contribution in [0.4, 0.5) is 0 Å². The molecule has 0 aliphatic rings. The van der Waals surface area contributed by atoms with Gasteiger partial charge in [-0.05, 0) is 25.1 Å². The van der Waals surface area contributed by atoms with Crippen LogP contribution in [0.5, 0.6) is 0 Å². The average Bonchev–Trinajstić information content (AvgIpc) is 2.81. The minimum atomic E-state index is 0.735. The number of rotatable bonds is 4. The quantitative estimate of drug-likeness (QED) is 0.792. The highest BCUT2D eigenvalue weighted by Crippen LogP contribution is 2.21. The summed E-state index contributed by atoms with van der Waals surface area (Å²) in [4.78, 5) is 13.0. The number of aromatic nitrogens is 3. The summed E-state index contributed by atoms with van der Waals surface area (Å²) in [5.41, 5.74) is 2.08. The largest absolute Gasteiger partial charge is 0.305 e. The normalized spacial score (nSPS) is 11.0. The molecule has 19 heavy (non-hydrogen) atoms. The van der Waals surface area contributed by atoms with Crippen molar-refractivity contribution in [2.24, 2.45) is 0 Å². The van der Waals surface area contributed by atoms with E-state index in [0.29, 0.717) is 0 Å². The molecule has 2 aromatic heterocycles. The summed E-state index contributed by atoms with van der Waals surface area (Å²) in [6.07, 6.45) is 1.79. The van der Waals surface area contributed by atoms with E-state index in [2.05, 4.69) is 26.3 Å². The number of hydrogen-bond acceptors (Lipinski definition) is 5. The molecule has 0 unspecified atom stereocenters. The number of nitrogens with zero attached hydrogens (tertiary/aromatic N) is 3. The van der Waals surface area contributed by atoms with Gasteiger partial charge in [-0.1, -0.05) is 12.1 Å². The van der Waals surface area contributed by atoms with Gasteiger partial charge < -0.3 is 5.32 Å². The van der Waals surface area contributed by atoms with E-state index in [-0.39, 0.29) is 0 Å².